The molecule has 2 aromatic carbocycles. The lowest BCUT2D eigenvalue weighted by atomic mass is 10.0. The number of nitrogens with one attached hydrogen (secondary N) is 1. The third-order valence-corrected chi connectivity index (χ3v) is 3.49. The molecule has 2 N–H and O–H groups in total. The molecule has 0 amide bonds. The highest BCUT2D eigenvalue weighted by Gasteiger charge is 2.06. The smallest absolute Gasteiger partial charge is 0.151 e. The van der Waals surface area contributed by atoms with Crippen LogP contribution in [0.5, 0.6) is 5.75 Å². The van der Waals surface area contributed by atoms with Crippen molar-refractivity contribution in [1.82, 2.24) is 20.1 Å². The van der Waals surface area contributed by atoms with Crippen LogP contribution in [0.4, 0.5) is 0 Å². The van der Waals surface area contributed by atoms with Gasteiger partial charge in [0.1, 0.15) is 12.1 Å². The average Bonchev–Trinajstić information content (AvgIpc) is 2.91. The Kier molecular flexibility index (Phi) is 3.83. The summed E-state index contributed by atoms with van der Waals surface area (Å²) in [7, 11) is 1.86. The fourth-order valence-electron chi connectivity index (χ4n) is 2.42. The molecule has 0 fully saturated rings. The maximum Gasteiger partial charge on any atom is 0.151 e. The van der Waals surface area contributed by atoms with Gasteiger partial charge in [-0.1, -0.05) is 30.3 Å². The second-order valence-corrected chi connectivity index (χ2v) is 5.05. The molecule has 0 spiro atoms. The molecule has 5 nitrogen and oxygen atoms in total. The van der Waals surface area contributed by atoms with Gasteiger partial charge in [-0.05, 0) is 16.8 Å². The highest BCUT2D eigenvalue weighted by atomic mass is 16.3. The molecule has 0 aliphatic heterocycles. The van der Waals surface area contributed by atoms with Gasteiger partial charge < -0.3 is 10.4 Å². The zero-order chi connectivity index (χ0) is 14.7. The second kappa shape index (κ2) is 5.93. The van der Waals surface area contributed by atoms with Gasteiger partial charge >= 0.3 is 0 Å². The van der Waals surface area contributed by atoms with Crippen LogP contribution in [0, 0.1) is 0 Å². The molecule has 0 atom stereocenters. The van der Waals surface area contributed by atoms with Gasteiger partial charge in [0.15, 0.2) is 5.82 Å². The topological polar surface area (TPSA) is 63.0 Å². The Labute approximate surface area is 123 Å². The van der Waals surface area contributed by atoms with E-state index >= 15 is 0 Å². The largest absolute Gasteiger partial charge is 0.508 e. The minimum atomic E-state index is 0.331. The fraction of sp³-hybridized carbons (Fsp3) is 0.250. The van der Waals surface area contributed by atoms with Crippen LogP contribution in [0.2, 0.25) is 0 Å². The van der Waals surface area contributed by atoms with E-state index in [-0.39, 0.29) is 0 Å². The lowest BCUT2D eigenvalue weighted by Crippen LogP contribution is -2.17. The predicted molar refractivity (Wildman–Crippen MR) is 82.0 cm³/mol. The molecule has 3 aromatic rings. The van der Waals surface area contributed by atoms with E-state index in [1.165, 1.54) is 0 Å². The van der Waals surface area contributed by atoms with Gasteiger partial charge in [-0.15, -0.1) is 0 Å². The first-order valence-electron chi connectivity index (χ1n) is 6.99. The maximum atomic E-state index is 10.1. The summed E-state index contributed by atoms with van der Waals surface area (Å²) in [6.45, 7) is 1.40. The summed E-state index contributed by atoms with van der Waals surface area (Å²) in [4.78, 5) is 4.19. The number of hydrogen-bond acceptors (Lipinski definition) is 4. The molecule has 5 heteroatoms. The molecule has 0 saturated carbocycles. The van der Waals surface area contributed by atoms with Gasteiger partial charge in [0.25, 0.3) is 0 Å². The Hall–Kier alpha value is -2.40. The van der Waals surface area contributed by atoms with Crippen LogP contribution >= 0.6 is 0 Å². The number of nitrogens with zero attached hydrogens (tertiary/aromatic N) is 3. The van der Waals surface area contributed by atoms with Crippen molar-refractivity contribution >= 4 is 10.8 Å². The number of aryl methyl sites for hydroxylation is 1. The van der Waals surface area contributed by atoms with Crippen molar-refractivity contribution in [3.63, 3.8) is 0 Å². The number of hydrogen-bond donors (Lipinski definition) is 2. The first-order valence-corrected chi connectivity index (χ1v) is 6.99. The molecular weight excluding hydrogens is 264 g/mol. The minimum Gasteiger partial charge on any atom is -0.508 e. The lowest BCUT2D eigenvalue weighted by Gasteiger charge is -2.10. The van der Waals surface area contributed by atoms with Crippen molar-refractivity contribution in [3.05, 3.63) is 54.1 Å². The molecule has 1 heterocycles. The summed E-state index contributed by atoms with van der Waals surface area (Å²) in [6, 6.07) is 11.8. The third kappa shape index (κ3) is 3.03. The summed E-state index contributed by atoms with van der Waals surface area (Å²) < 4.78 is 1.70. The van der Waals surface area contributed by atoms with Crippen molar-refractivity contribution in [2.45, 2.75) is 13.0 Å². The molecule has 3 rings (SSSR count). The number of fused-ring (bicyclic) bond motifs is 1. The normalized spacial score (nSPS) is 11.1. The van der Waals surface area contributed by atoms with E-state index in [2.05, 4.69) is 21.5 Å². The number of aromatic hydroxyl groups is 1. The summed E-state index contributed by atoms with van der Waals surface area (Å²) >= 11 is 0. The summed E-state index contributed by atoms with van der Waals surface area (Å²) in [6.07, 6.45) is 2.47. The Bertz CT molecular complexity index is 751. The van der Waals surface area contributed by atoms with Crippen molar-refractivity contribution in [2.75, 3.05) is 6.54 Å². The Morgan fingerprint density at radius 3 is 2.86 bits per heavy atom. The zero-order valence-corrected chi connectivity index (χ0v) is 12.0. The Morgan fingerprint density at radius 1 is 1.19 bits per heavy atom. The molecule has 0 radical (unpaired) electrons. The highest BCUT2D eigenvalue weighted by Crippen LogP contribution is 2.26. The summed E-state index contributed by atoms with van der Waals surface area (Å²) in [5, 5.41) is 19.9. The van der Waals surface area contributed by atoms with Gasteiger partial charge in [-0.25, -0.2) is 4.98 Å². The van der Waals surface area contributed by atoms with E-state index in [1.54, 1.807) is 17.1 Å². The van der Waals surface area contributed by atoms with Crippen LogP contribution in [0.1, 0.15) is 11.4 Å². The van der Waals surface area contributed by atoms with Crippen LogP contribution in [-0.4, -0.2) is 26.4 Å². The van der Waals surface area contributed by atoms with Gasteiger partial charge in [-0.3, -0.25) is 4.68 Å². The molecular formula is C16H18N4O. The second-order valence-electron chi connectivity index (χ2n) is 5.05. The number of aromatic nitrogens is 3. The fourth-order valence-corrected chi connectivity index (χ4v) is 2.42. The van der Waals surface area contributed by atoms with Crippen LogP contribution in [0.15, 0.2) is 42.7 Å². The number of benzene rings is 2. The predicted octanol–water partition coefficient (Wildman–Crippen LogP) is 2.01. The first kappa shape index (κ1) is 13.6. The van der Waals surface area contributed by atoms with E-state index in [0.717, 1.165) is 35.1 Å². The van der Waals surface area contributed by atoms with Crippen molar-refractivity contribution < 1.29 is 5.11 Å². The standard InChI is InChI=1S/C16H18N4O/c1-20-11-18-16(19-20)8-9-17-10-14-13-5-3-2-4-12(13)6-7-15(14)21/h2-7,11,17,21H,8-10H2,1H3. The molecule has 0 aliphatic rings. The molecule has 0 aliphatic carbocycles. The van der Waals surface area contributed by atoms with Crippen LogP contribution < -0.4 is 5.32 Å². The van der Waals surface area contributed by atoms with E-state index < -0.39 is 0 Å². The Balaban J connectivity index is 1.66. The monoisotopic (exact) mass is 282 g/mol. The average molecular weight is 282 g/mol. The van der Waals surface area contributed by atoms with E-state index in [4.69, 9.17) is 0 Å². The first-order chi connectivity index (χ1) is 10.2. The Morgan fingerprint density at radius 2 is 2.05 bits per heavy atom. The molecule has 21 heavy (non-hydrogen) atoms. The van der Waals surface area contributed by atoms with E-state index in [1.807, 2.05) is 31.3 Å². The zero-order valence-electron chi connectivity index (χ0n) is 12.0. The van der Waals surface area contributed by atoms with Crippen molar-refractivity contribution in [2.24, 2.45) is 7.05 Å². The third-order valence-electron chi connectivity index (χ3n) is 3.49. The number of phenolic OH excluding ortho intramolecular Hbond substituents is 1. The van der Waals surface area contributed by atoms with Gasteiger partial charge in [-0.2, -0.15) is 5.10 Å². The highest BCUT2D eigenvalue weighted by molar-refractivity contribution is 5.87. The van der Waals surface area contributed by atoms with Crippen LogP contribution in [0.25, 0.3) is 10.8 Å². The molecule has 1 aromatic heterocycles. The maximum absolute atomic E-state index is 10.1. The molecule has 108 valence electrons. The minimum absolute atomic E-state index is 0.331. The lowest BCUT2D eigenvalue weighted by molar-refractivity contribution is 0.466. The van der Waals surface area contributed by atoms with Crippen molar-refractivity contribution in [3.8, 4) is 5.75 Å². The molecule has 0 unspecified atom stereocenters. The van der Waals surface area contributed by atoms with Crippen molar-refractivity contribution in [1.29, 1.82) is 0 Å². The molecule has 0 bridgehead atoms. The molecule has 0 saturated heterocycles. The van der Waals surface area contributed by atoms with Crippen LogP contribution in [0.3, 0.4) is 0 Å². The van der Waals surface area contributed by atoms with E-state index in [0.29, 0.717) is 12.3 Å². The number of rotatable bonds is 5. The SMILES string of the molecule is Cn1cnc(CCNCc2c(O)ccc3ccccc23)n1. The number of phenols is 1. The van der Waals surface area contributed by atoms with Gasteiger partial charge in [0, 0.05) is 32.1 Å². The summed E-state index contributed by atoms with van der Waals surface area (Å²) in [5.41, 5.74) is 0.932. The quantitative estimate of drug-likeness (QED) is 0.703. The van der Waals surface area contributed by atoms with Gasteiger partial charge in [0.05, 0.1) is 0 Å². The van der Waals surface area contributed by atoms with Gasteiger partial charge in [0.2, 0.25) is 0 Å². The van der Waals surface area contributed by atoms with E-state index in [9.17, 15) is 5.11 Å². The summed E-state index contributed by atoms with van der Waals surface area (Å²) in [5.74, 6) is 1.16. The van der Waals surface area contributed by atoms with Crippen LogP contribution in [-0.2, 0) is 20.0 Å².